The fourth-order valence-electron chi connectivity index (χ4n) is 5.45. The van der Waals surface area contributed by atoms with Crippen LogP contribution in [0.1, 0.15) is 44.0 Å². The fraction of sp³-hybridized carbons (Fsp3) is 0.167. The molecule has 0 bridgehead atoms. The summed E-state index contributed by atoms with van der Waals surface area (Å²) in [7, 11) is 0. The number of nitrogens with one attached hydrogen (secondary N) is 3. The highest BCUT2D eigenvalue weighted by Gasteiger charge is 2.31. The number of halogens is 3. The molecule has 0 saturated carbocycles. The zero-order chi connectivity index (χ0) is 33.0. The van der Waals surface area contributed by atoms with Crippen LogP contribution in [0.15, 0.2) is 97.1 Å². The first-order chi connectivity index (χ1) is 22.7. The number of carbonyl (C=O) groups is 3. The standard InChI is InChI=1S/C36H28F3N5O3/c37-36(38,39)27-11-6-10-25(19-27)34(46)40-21-33(45)41-28-17-18-44(22-28)35(47)26-14-16-32-30(20-26)31(42-43-32)15-13-24-9-4-5-12-29(24)23-7-2-1-3-8-23/h1-12,14,16,19-20,28H,17-18,21-22H2,(H,40,46)(H,41,45)(H,42,43). The van der Waals surface area contributed by atoms with Crippen molar-refractivity contribution in [1.82, 2.24) is 25.7 Å². The van der Waals surface area contributed by atoms with E-state index in [-0.39, 0.29) is 24.1 Å². The third-order valence-electron chi connectivity index (χ3n) is 7.84. The van der Waals surface area contributed by atoms with Crippen LogP contribution in [0.3, 0.4) is 0 Å². The Morgan fingerprint density at radius 2 is 1.68 bits per heavy atom. The molecule has 0 spiro atoms. The molecule has 0 radical (unpaired) electrons. The number of benzene rings is 4. The molecule has 4 aromatic carbocycles. The molecule has 236 valence electrons. The Hall–Kier alpha value is -5.89. The minimum absolute atomic E-state index is 0.203. The number of hydrogen-bond acceptors (Lipinski definition) is 4. The Morgan fingerprint density at radius 3 is 2.49 bits per heavy atom. The van der Waals surface area contributed by atoms with Crippen molar-refractivity contribution in [3.05, 3.63) is 125 Å². The van der Waals surface area contributed by atoms with Gasteiger partial charge in [-0.25, -0.2) is 0 Å². The van der Waals surface area contributed by atoms with E-state index in [2.05, 4.69) is 32.7 Å². The molecule has 1 unspecified atom stereocenters. The number of fused-ring (bicyclic) bond motifs is 1. The summed E-state index contributed by atoms with van der Waals surface area (Å²) in [6.45, 7) is 0.252. The smallest absolute Gasteiger partial charge is 0.350 e. The van der Waals surface area contributed by atoms with Gasteiger partial charge in [-0.2, -0.15) is 18.3 Å². The lowest BCUT2D eigenvalue weighted by molar-refractivity contribution is -0.137. The molecule has 1 fully saturated rings. The van der Waals surface area contributed by atoms with Gasteiger partial charge in [0, 0.05) is 41.2 Å². The summed E-state index contributed by atoms with van der Waals surface area (Å²) in [6.07, 6.45) is -4.08. The Balaban J connectivity index is 1.08. The number of carbonyl (C=O) groups excluding carboxylic acids is 3. The number of aromatic nitrogens is 2. The quantitative estimate of drug-likeness (QED) is 0.217. The Labute approximate surface area is 268 Å². The van der Waals surface area contributed by atoms with Gasteiger partial charge in [0.1, 0.15) is 5.69 Å². The summed E-state index contributed by atoms with van der Waals surface area (Å²) >= 11 is 0. The zero-order valence-electron chi connectivity index (χ0n) is 24.9. The van der Waals surface area contributed by atoms with Gasteiger partial charge in [-0.05, 0) is 65.9 Å². The lowest BCUT2D eigenvalue weighted by atomic mass is 10.00. The number of hydrogen-bond donors (Lipinski definition) is 3. The summed E-state index contributed by atoms with van der Waals surface area (Å²) in [5.41, 5.74) is 3.45. The van der Waals surface area contributed by atoms with Crippen molar-refractivity contribution in [3.63, 3.8) is 0 Å². The molecule has 1 saturated heterocycles. The van der Waals surface area contributed by atoms with Crippen LogP contribution in [-0.2, 0) is 11.0 Å². The first-order valence-corrected chi connectivity index (χ1v) is 14.8. The molecule has 11 heteroatoms. The van der Waals surface area contributed by atoms with Gasteiger partial charge in [-0.15, -0.1) is 0 Å². The number of H-pyrrole nitrogens is 1. The molecule has 0 aliphatic carbocycles. The number of likely N-dealkylation sites (tertiary alicyclic amines) is 1. The molecule has 1 aromatic heterocycles. The van der Waals surface area contributed by atoms with Crippen LogP contribution >= 0.6 is 0 Å². The number of nitrogens with zero attached hydrogens (tertiary/aromatic N) is 2. The molecule has 3 N–H and O–H groups in total. The van der Waals surface area contributed by atoms with E-state index in [9.17, 15) is 27.6 Å². The topological polar surface area (TPSA) is 107 Å². The number of amides is 3. The summed E-state index contributed by atoms with van der Waals surface area (Å²) in [4.78, 5) is 39.9. The van der Waals surface area contributed by atoms with E-state index in [1.807, 2.05) is 54.6 Å². The third kappa shape index (κ3) is 7.17. The predicted octanol–water partition coefficient (Wildman–Crippen LogP) is 5.41. The van der Waals surface area contributed by atoms with Gasteiger partial charge in [0.25, 0.3) is 11.8 Å². The van der Waals surface area contributed by atoms with Crippen LogP contribution in [0.5, 0.6) is 0 Å². The van der Waals surface area contributed by atoms with E-state index >= 15 is 0 Å². The monoisotopic (exact) mass is 635 g/mol. The normalized spacial score (nSPS) is 14.4. The van der Waals surface area contributed by atoms with E-state index in [0.29, 0.717) is 29.6 Å². The van der Waals surface area contributed by atoms with Gasteiger partial charge >= 0.3 is 6.18 Å². The highest BCUT2D eigenvalue weighted by atomic mass is 19.4. The highest BCUT2D eigenvalue weighted by Crippen LogP contribution is 2.29. The van der Waals surface area contributed by atoms with Crippen LogP contribution in [0.2, 0.25) is 0 Å². The Morgan fingerprint density at radius 1 is 0.894 bits per heavy atom. The van der Waals surface area contributed by atoms with Crippen molar-refractivity contribution in [2.24, 2.45) is 0 Å². The first kappa shape index (κ1) is 31.1. The van der Waals surface area contributed by atoms with Crippen molar-refractivity contribution in [1.29, 1.82) is 0 Å². The van der Waals surface area contributed by atoms with Gasteiger partial charge in [-0.1, -0.05) is 60.5 Å². The van der Waals surface area contributed by atoms with Crippen LogP contribution in [-0.4, -0.2) is 58.5 Å². The predicted molar refractivity (Wildman–Crippen MR) is 170 cm³/mol. The number of rotatable bonds is 6. The second-order valence-corrected chi connectivity index (χ2v) is 11.1. The summed E-state index contributed by atoms with van der Waals surface area (Å²) < 4.78 is 38.9. The molecular weight excluding hydrogens is 607 g/mol. The maximum atomic E-state index is 13.4. The van der Waals surface area contributed by atoms with Crippen LogP contribution in [0, 0.1) is 11.8 Å². The van der Waals surface area contributed by atoms with Gasteiger partial charge in [0.15, 0.2) is 0 Å². The summed E-state index contributed by atoms with van der Waals surface area (Å²) in [5, 5.41) is 13.2. The van der Waals surface area contributed by atoms with E-state index in [0.717, 1.165) is 40.4 Å². The number of alkyl halides is 3. The molecule has 8 nitrogen and oxygen atoms in total. The zero-order valence-corrected chi connectivity index (χ0v) is 24.9. The van der Waals surface area contributed by atoms with Gasteiger partial charge in [0.05, 0.1) is 17.6 Å². The van der Waals surface area contributed by atoms with E-state index in [4.69, 9.17) is 0 Å². The average Bonchev–Trinajstić information content (AvgIpc) is 3.73. The molecule has 1 aliphatic heterocycles. The maximum Gasteiger partial charge on any atom is 0.416 e. The second kappa shape index (κ2) is 13.2. The van der Waals surface area contributed by atoms with E-state index in [1.54, 1.807) is 23.1 Å². The number of aromatic amines is 1. The Kier molecular flexibility index (Phi) is 8.75. The van der Waals surface area contributed by atoms with Gasteiger partial charge in [0.2, 0.25) is 5.91 Å². The average molecular weight is 636 g/mol. The summed E-state index contributed by atoms with van der Waals surface area (Å²) in [6, 6.07) is 26.7. The van der Waals surface area contributed by atoms with E-state index in [1.165, 1.54) is 6.07 Å². The summed E-state index contributed by atoms with van der Waals surface area (Å²) in [5.74, 6) is 4.86. The molecule has 6 rings (SSSR count). The minimum Gasteiger partial charge on any atom is -0.350 e. The largest absolute Gasteiger partial charge is 0.416 e. The minimum atomic E-state index is -4.59. The van der Waals surface area contributed by atoms with Crippen molar-refractivity contribution < 1.29 is 27.6 Å². The van der Waals surface area contributed by atoms with Crippen LogP contribution in [0.25, 0.3) is 22.0 Å². The molecule has 1 atom stereocenters. The van der Waals surface area contributed by atoms with Gasteiger partial charge in [-0.3, -0.25) is 19.5 Å². The molecule has 5 aromatic rings. The lowest BCUT2D eigenvalue weighted by Gasteiger charge is -2.17. The van der Waals surface area contributed by atoms with E-state index < -0.39 is 30.1 Å². The lowest BCUT2D eigenvalue weighted by Crippen LogP contribution is -2.43. The Bertz CT molecular complexity index is 2030. The molecule has 2 heterocycles. The first-order valence-electron chi connectivity index (χ1n) is 14.8. The molecule has 47 heavy (non-hydrogen) atoms. The van der Waals surface area contributed by atoms with Crippen LogP contribution < -0.4 is 10.6 Å². The second-order valence-electron chi connectivity index (χ2n) is 11.1. The fourth-order valence-corrected chi connectivity index (χ4v) is 5.45. The molecule has 1 aliphatic rings. The van der Waals surface area contributed by atoms with Crippen LogP contribution in [0.4, 0.5) is 13.2 Å². The van der Waals surface area contributed by atoms with Crippen molar-refractivity contribution in [2.75, 3.05) is 19.6 Å². The van der Waals surface area contributed by atoms with Crippen molar-refractivity contribution in [2.45, 2.75) is 18.6 Å². The van der Waals surface area contributed by atoms with Gasteiger partial charge < -0.3 is 15.5 Å². The van der Waals surface area contributed by atoms with Crippen molar-refractivity contribution >= 4 is 28.6 Å². The molecular formula is C36H28F3N5O3. The van der Waals surface area contributed by atoms with Crippen molar-refractivity contribution in [3.8, 4) is 23.0 Å². The maximum absolute atomic E-state index is 13.4. The highest BCUT2D eigenvalue weighted by molar-refractivity contribution is 5.99. The molecule has 3 amide bonds. The third-order valence-corrected chi connectivity index (χ3v) is 7.84. The SMILES string of the molecule is O=C(CNC(=O)c1cccc(C(F)(F)F)c1)NC1CCN(C(=O)c2ccc3[nH]nc(C#Cc4ccccc4-c4ccccc4)c3c2)C1.